The molecule has 0 amide bonds. The standard InChI is InChI=1S/C20H14FN3OS/c21-15-6-3-5-14(11-15)13-26-20-23-18-9-2-1-8-17(18)19(25)24(20)16-7-4-10-22-12-16/h1-12H,13H2. The number of halogens is 1. The second-order valence-electron chi connectivity index (χ2n) is 5.68. The van der Waals surface area contributed by atoms with Gasteiger partial charge in [0.25, 0.3) is 5.56 Å². The topological polar surface area (TPSA) is 47.8 Å². The fourth-order valence-corrected chi connectivity index (χ4v) is 3.65. The van der Waals surface area contributed by atoms with Crippen molar-refractivity contribution in [1.82, 2.24) is 14.5 Å². The molecule has 6 heteroatoms. The lowest BCUT2D eigenvalue weighted by atomic mass is 10.2. The molecule has 26 heavy (non-hydrogen) atoms. The first kappa shape index (κ1) is 16.5. The van der Waals surface area contributed by atoms with E-state index in [4.69, 9.17) is 0 Å². The number of nitrogens with zero attached hydrogens (tertiary/aromatic N) is 3. The van der Waals surface area contributed by atoms with Gasteiger partial charge in [0.15, 0.2) is 5.16 Å². The van der Waals surface area contributed by atoms with E-state index < -0.39 is 0 Å². The summed E-state index contributed by atoms with van der Waals surface area (Å²) in [7, 11) is 0. The second-order valence-corrected chi connectivity index (χ2v) is 6.62. The van der Waals surface area contributed by atoms with Gasteiger partial charge in [0.05, 0.1) is 22.8 Å². The zero-order valence-electron chi connectivity index (χ0n) is 13.7. The molecule has 0 atom stereocenters. The van der Waals surface area contributed by atoms with Crippen LogP contribution in [0.1, 0.15) is 5.56 Å². The molecule has 0 bridgehead atoms. The highest BCUT2D eigenvalue weighted by Crippen LogP contribution is 2.24. The van der Waals surface area contributed by atoms with Gasteiger partial charge in [0.1, 0.15) is 5.82 Å². The number of benzene rings is 2. The number of hydrogen-bond donors (Lipinski definition) is 0. The Balaban J connectivity index is 1.83. The molecule has 0 spiro atoms. The Kier molecular flexibility index (Phi) is 4.50. The summed E-state index contributed by atoms with van der Waals surface area (Å²) >= 11 is 1.39. The van der Waals surface area contributed by atoms with Crippen molar-refractivity contribution in [3.05, 3.63) is 94.8 Å². The van der Waals surface area contributed by atoms with Crippen LogP contribution in [-0.2, 0) is 5.75 Å². The highest BCUT2D eigenvalue weighted by molar-refractivity contribution is 7.98. The van der Waals surface area contributed by atoms with Gasteiger partial charge in [-0.25, -0.2) is 9.37 Å². The number of thioether (sulfide) groups is 1. The molecular weight excluding hydrogens is 349 g/mol. The SMILES string of the molecule is O=c1c2ccccc2nc(SCc2cccc(F)c2)n1-c1cccnc1. The summed E-state index contributed by atoms with van der Waals surface area (Å²) in [6.07, 6.45) is 3.28. The minimum absolute atomic E-state index is 0.148. The summed E-state index contributed by atoms with van der Waals surface area (Å²) in [4.78, 5) is 21.8. The van der Waals surface area contributed by atoms with Crippen LogP contribution in [0.4, 0.5) is 4.39 Å². The van der Waals surface area contributed by atoms with Crippen LogP contribution in [0.2, 0.25) is 0 Å². The predicted octanol–water partition coefficient (Wildman–Crippen LogP) is 4.21. The zero-order valence-corrected chi connectivity index (χ0v) is 14.5. The van der Waals surface area contributed by atoms with E-state index in [0.29, 0.717) is 27.5 Å². The van der Waals surface area contributed by atoms with Gasteiger partial charge >= 0.3 is 0 Å². The quantitative estimate of drug-likeness (QED) is 0.402. The van der Waals surface area contributed by atoms with Gasteiger partial charge in [-0.2, -0.15) is 0 Å². The van der Waals surface area contributed by atoms with Crippen LogP contribution in [0.5, 0.6) is 0 Å². The van der Waals surface area contributed by atoms with E-state index in [0.717, 1.165) is 5.56 Å². The van der Waals surface area contributed by atoms with Crippen LogP contribution >= 0.6 is 11.8 Å². The molecule has 2 aromatic carbocycles. The maximum absolute atomic E-state index is 13.4. The molecule has 0 fully saturated rings. The molecule has 2 heterocycles. The van der Waals surface area contributed by atoms with Crippen LogP contribution < -0.4 is 5.56 Å². The van der Waals surface area contributed by atoms with Crippen LogP contribution in [0.15, 0.2) is 83.0 Å². The van der Waals surface area contributed by atoms with Crippen molar-refractivity contribution in [3.8, 4) is 5.69 Å². The maximum atomic E-state index is 13.4. The van der Waals surface area contributed by atoms with E-state index in [1.165, 1.54) is 23.9 Å². The minimum Gasteiger partial charge on any atom is -0.268 e. The lowest BCUT2D eigenvalue weighted by Gasteiger charge is -2.12. The van der Waals surface area contributed by atoms with E-state index in [-0.39, 0.29) is 11.4 Å². The Bertz CT molecular complexity index is 1130. The van der Waals surface area contributed by atoms with Gasteiger partial charge in [-0.3, -0.25) is 14.3 Å². The summed E-state index contributed by atoms with van der Waals surface area (Å²) in [5, 5.41) is 1.09. The number of fused-ring (bicyclic) bond motifs is 1. The summed E-state index contributed by atoms with van der Waals surface area (Å²) in [6.45, 7) is 0. The Morgan fingerprint density at radius 1 is 1.04 bits per heavy atom. The Labute approximate surface area is 153 Å². The molecule has 2 aromatic heterocycles. The van der Waals surface area contributed by atoms with E-state index in [9.17, 15) is 9.18 Å². The lowest BCUT2D eigenvalue weighted by molar-refractivity contribution is 0.626. The monoisotopic (exact) mass is 363 g/mol. The summed E-state index contributed by atoms with van der Waals surface area (Å²) in [6, 6.07) is 17.3. The summed E-state index contributed by atoms with van der Waals surface area (Å²) in [5.74, 6) is 0.224. The number of para-hydroxylation sites is 1. The van der Waals surface area contributed by atoms with Crippen molar-refractivity contribution in [2.75, 3.05) is 0 Å². The van der Waals surface area contributed by atoms with Gasteiger partial charge in [-0.05, 0) is 42.0 Å². The third-order valence-corrected chi connectivity index (χ3v) is 4.92. The van der Waals surface area contributed by atoms with Crippen molar-refractivity contribution < 1.29 is 4.39 Å². The van der Waals surface area contributed by atoms with E-state index in [1.54, 1.807) is 35.2 Å². The average molecular weight is 363 g/mol. The Hall–Kier alpha value is -2.99. The fraction of sp³-hybridized carbons (Fsp3) is 0.0500. The summed E-state index contributed by atoms with van der Waals surface area (Å²) < 4.78 is 15.0. The molecule has 0 unspecified atom stereocenters. The van der Waals surface area contributed by atoms with Crippen LogP contribution in [0.3, 0.4) is 0 Å². The maximum Gasteiger partial charge on any atom is 0.266 e. The van der Waals surface area contributed by atoms with E-state index >= 15 is 0 Å². The van der Waals surface area contributed by atoms with E-state index in [2.05, 4.69) is 9.97 Å². The normalized spacial score (nSPS) is 11.0. The Morgan fingerprint density at radius 3 is 2.73 bits per heavy atom. The van der Waals surface area contributed by atoms with Gasteiger partial charge in [0, 0.05) is 11.9 Å². The van der Waals surface area contributed by atoms with Gasteiger partial charge in [0.2, 0.25) is 0 Å². The first-order valence-corrected chi connectivity index (χ1v) is 9.00. The second kappa shape index (κ2) is 7.09. The molecule has 4 aromatic rings. The van der Waals surface area contributed by atoms with Crippen molar-refractivity contribution in [2.24, 2.45) is 0 Å². The van der Waals surface area contributed by atoms with Crippen molar-refractivity contribution >= 4 is 22.7 Å². The fourth-order valence-electron chi connectivity index (χ4n) is 2.70. The molecule has 0 saturated carbocycles. The molecular formula is C20H14FN3OS. The molecule has 4 nitrogen and oxygen atoms in total. The van der Waals surface area contributed by atoms with Gasteiger partial charge in [-0.15, -0.1) is 0 Å². The summed E-state index contributed by atoms with van der Waals surface area (Å²) in [5.41, 5.74) is 1.97. The molecule has 0 N–H and O–H groups in total. The molecule has 0 radical (unpaired) electrons. The Morgan fingerprint density at radius 2 is 1.92 bits per heavy atom. The minimum atomic E-state index is -0.278. The van der Waals surface area contributed by atoms with Crippen molar-refractivity contribution in [2.45, 2.75) is 10.9 Å². The number of rotatable bonds is 4. The average Bonchev–Trinajstić information content (AvgIpc) is 2.67. The number of aromatic nitrogens is 3. The molecule has 0 aliphatic carbocycles. The number of hydrogen-bond acceptors (Lipinski definition) is 4. The van der Waals surface area contributed by atoms with Crippen LogP contribution in [0, 0.1) is 5.82 Å². The van der Waals surface area contributed by atoms with Crippen LogP contribution in [-0.4, -0.2) is 14.5 Å². The van der Waals surface area contributed by atoms with Crippen molar-refractivity contribution in [3.63, 3.8) is 0 Å². The first-order valence-electron chi connectivity index (χ1n) is 8.02. The third kappa shape index (κ3) is 3.23. The predicted molar refractivity (Wildman–Crippen MR) is 101 cm³/mol. The highest BCUT2D eigenvalue weighted by atomic mass is 32.2. The lowest BCUT2D eigenvalue weighted by Crippen LogP contribution is -2.21. The largest absolute Gasteiger partial charge is 0.268 e. The highest BCUT2D eigenvalue weighted by Gasteiger charge is 2.13. The molecule has 0 saturated heterocycles. The van der Waals surface area contributed by atoms with Gasteiger partial charge in [-0.1, -0.05) is 36.0 Å². The van der Waals surface area contributed by atoms with Crippen LogP contribution in [0.25, 0.3) is 16.6 Å². The molecule has 0 aliphatic heterocycles. The van der Waals surface area contributed by atoms with Gasteiger partial charge < -0.3 is 0 Å². The smallest absolute Gasteiger partial charge is 0.266 e. The first-order chi connectivity index (χ1) is 12.7. The molecule has 128 valence electrons. The van der Waals surface area contributed by atoms with E-state index in [1.807, 2.05) is 30.3 Å². The molecule has 0 aliphatic rings. The molecule has 4 rings (SSSR count). The number of pyridine rings is 1. The van der Waals surface area contributed by atoms with Crippen molar-refractivity contribution in [1.29, 1.82) is 0 Å². The third-order valence-electron chi connectivity index (χ3n) is 3.91. The zero-order chi connectivity index (χ0) is 17.9.